The Morgan fingerprint density at radius 3 is 2.53 bits per heavy atom. The molecule has 1 amide bonds. The fourth-order valence-corrected chi connectivity index (χ4v) is 1.90. The van der Waals surface area contributed by atoms with Crippen molar-refractivity contribution in [3.63, 3.8) is 0 Å². The summed E-state index contributed by atoms with van der Waals surface area (Å²) in [6.45, 7) is 1.53. The first-order valence-corrected chi connectivity index (χ1v) is 6.78. The van der Waals surface area contributed by atoms with Gasteiger partial charge in [-0.25, -0.2) is 0 Å². The van der Waals surface area contributed by atoms with Gasteiger partial charge in [-0.3, -0.25) is 4.79 Å². The van der Waals surface area contributed by atoms with E-state index >= 15 is 0 Å². The van der Waals surface area contributed by atoms with E-state index in [1.54, 1.807) is 0 Å². The minimum Gasteiger partial charge on any atom is -0.482 e. The highest BCUT2D eigenvalue weighted by Gasteiger charge is 2.12. The first kappa shape index (κ1) is 16.4. The van der Waals surface area contributed by atoms with Crippen LogP contribution in [-0.4, -0.2) is 30.3 Å². The monoisotopic (exact) mass is 325 g/mol. The number of carbonyl (C=O) groups is 1. The summed E-state index contributed by atoms with van der Waals surface area (Å²) < 4.78 is 5.26. The molecule has 0 unspecified atom stereocenters. The molecule has 0 radical (unpaired) electrons. The average molecular weight is 327 g/mol. The van der Waals surface area contributed by atoms with E-state index in [-0.39, 0.29) is 35.9 Å². The van der Waals surface area contributed by atoms with Crippen molar-refractivity contribution in [2.45, 2.75) is 19.4 Å². The van der Waals surface area contributed by atoms with Crippen LogP contribution in [0.25, 0.3) is 0 Å². The second-order valence-corrected chi connectivity index (χ2v) is 5.06. The number of halogens is 3. The lowest BCUT2D eigenvalue weighted by Crippen LogP contribution is -2.39. The van der Waals surface area contributed by atoms with Crippen LogP contribution in [0, 0.1) is 0 Å². The van der Waals surface area contributed by atoms with Crippen molar-refractivity contribution in [1.29, 1.82) is 0 Å². The van der Waals surface area contributed by atoms with Crippen molar-refractivity contribution >= 4 is 40.7 Å². The smallest absolute Gasteiger partial charge is 0.258 e. The number of hydrogen-bond acceptors (Lipinski definition) is 3. The van der Waals surface area contributed by atoms with Crippen LogP contribution < -0.4 is 10.1 Å². The largest absolute Gasteiger partial charge is 0.482 e. The lowest BCUT2D eigenvalue weighted by molar-refractivity contribution is -0.124. The van der Waals surface area contributed by atoms with Gasteiger partial charge in [0, 0.05) is 6.07 Å². The van der Waals surface area contributed by atoms with Gasteiger partial charge in [-0.1, -0.05) is 41.7 Å². The molecule has 106 valence electrons. The summed E-state index contributed by atoms with van der Waals surface area (Å²) in [4.78, 5) is 11.6. The van der Waals surface area contributed by atoms with Crippen molar-refractivity contribution in [2.24, 2.45) is 0 Å². The third-order valence-electron chi connectivity index (χ3n) is 2.41. The van der Waals surface area contributed by atoms with Crippen LogP contribution in [0.15, 0.2) is 12.1 Å². The highest BCUT2D eigenvalue weighted by atomic mass is 35.5. The third kappa shape index (κ3) is 5.07. The van der Waals surface area contributed by atoms with Crippen LogP contribution >= 0.6 is 34.8 Å². The zero-order chi connectivity index (χ0) is 14.4. The molecule has 0 bridgehead atoms. The predicted molar refractivity (Wildman–Crippen MR) is 76.3 cm³/mol. The number of benzene rings is 1. The van der Waals surface area contributed by atoms with Crippen LogP contribution in [-0.2, 0) is 4.79 Å². The molecule has 0 heterocycles. The fourth-order valence-electron chi connectivity index (χ4n) is 1.30. The van der Waals surface area contributed by atoms with Crippen molar-refractivity contribution < 1.29 is 14.6 Å². The maximum atomic E-state index is 11.6. The number of amides is 1. The number of hydrogen-bond donors (Lipinski definition) is 2. The van der Waals surface area contributed by atoms with Gasteiger partial charge in [-0.15, -0.1) is 0 Å². The Hall–Kier alpha value is -0.680. The molecule has 1 rings (SSSR count). The lowest BCUT2D eigenvalue weighted by Gasteiger charge is -2.14. The number of carbonyl (C=O) groups excluding carboxylic acids is 1. The molecule has 0 saturated heterocycles. The van der Waals surface area contributed by atoms with Gasteiger partial charge in [0.2, 0.25) is 0 Å². The molecular formula is C12H14Cl3NO3. The van der Waals surface area contributed by atoms with Crippen molar-refractivity contribution in [1.82, 2.24) is 5.32 Å². The van der Waals surface area contributed by atoms with Gasteiger partial charge in [-0.2, -0.15) is 0 Å². The van der Waals surface area contributed by atoms with E-state index < -0.39 is 0 Å². The van der Waals surface area contributed by atoms with Crippen LogP contribution in [0.3, 0.4) is 0 Å². The molecule has 19 heavy (non-hydrogen) atoms. The Morgan fingerprint density at radius 2 is 1.95 bits per heavy atom. The number of aliphatic hydroxyl groups is 1. The van der Waals surface area contributed by atoms with Crippen LogP contribution in [0.2, 0.25) is 15.1 Å². The highest BCUT2D eigenvalue weighted by Crippen LogP contribution is 2.33. The first-order chi connectivity index (χ1) is 8.97. The van der Waals surface area contributed by atoms with Crippen molar-refractivity contribution in [2.75, 3.05) is 13.2 Å². The molecule has 1 atom stereocenters. The molecule has 0 saturated carbocycles. The van der Waals surface area contributed by atoms with Gasteiger partial charge in [-0.05, 0) is 12.5 Å². The Kier molecular flexibility index (Phi) is 6.72. The van der Waals surface area contributed by atoms with Gasteiger partial charge >= 0.3 is 0 Å². The Labute approximate surface area is 126 Å². The summed E-state index contributed by atoms with van der Waals surface area (Å²) in [6, 6.07) is 2.62. The molecule has 0 aliphatic heterocycles. The predicted octanol–water partition coefficient (Wildman–Crippen LogP) is 2.91. The van der Waals surface area contributed by atoms with E-state index in [1.807, 2.05) is 6.92 Å². The minimum absolute atomic E-state index is 0.115. The van der Waals surface area contributed by atoms with Crippen molar-refractivity contribution in [3.05, 3.63) is 27.2 Å². The van der Waals surface area contributed by atoms with E-state index in [0.29, 0.717) is 16.5 Å². The molecule has 1 aromatic carbocycles. The van der Waals surface area contributed by atoms with Crippen LogP contribution in [0.1, 0.15) is 13.3 Å². The Bertz CT molecular complexity index is 450. The van der Waals surface area contributed by atoms with Gasteiger partial charge in [0.25, 0.3) is 5.91 Å². The molecule has 1 aromatic rings. The fraction of sp³-hybridized carbons (Fsp3) is 0.417. The molecule has 0 spiro atoms. The quantitative estimate of drug-likeness (QED) is 0.790. The Morgan fingerprint density at radius 1 is 1.32 bits per heavy atom. The topological polar surface area (TPSA) is 58.6 Å². The van der Waals surface area contributed by atoms with Gasteiger partial charge in [0.15, 0.2) is 6.61 Å². The summed E-state index contributed by atoms with van der Waals surface area (Å²) in [5.41, 5.74) is 0. The highest BCUT2D eigenvalue weighted by molar-refractivity contribution is 6.43. The standard InChI is InChI=1S/C12H14Cl3NO3/c1-2-7(5-17)16-12(18)6-19-11-4-9(14)8(13)3-10(11)15/h3-4,7,17H,2,5-6H2,1H3,(H,16,18)/t7-/m0/s1. The van der Waals surface area contributed by atoms with Crippen LogP contribution in [0.5, 0.6) is 5.75 Å². The minimum atomic E-state index is -0.344. The molecule has 4 nitrogen and oxygen atoms in total. The summed E-state index contributed by atoms with van der Waals surface area (Å²) >= 11 is 17.5. The first-order valence-electron chi connectivity index (χ1n) is 5.65. The van der Waals surface area contributed by atoms with E-state index in [4.69, 9.17) is 44.6 Å². The van der Waals surface area contributed by atoms with Gasteiger partial charge in [0.05, 0.1) is 27.7 Å². The SMILES string of the molecule is CC[C@@H](CO)NC(=O)COc1cc(Cl)c(Cl)cc1Cl. The van der Waals surface area contributed by atoms with E-state index in [0.717, 1.165) is 0 Å². The van der Waals surface area contributed by atoms with Gasteiger partial charge < -0.3 is 15.2 Å². The summed E-state index contributed by atoms with van der Waals surface area (Å²) in [6.07, 6.45) is 0.635. The molecule has 0 fully saturated rings. The summed E-state index contributed by atoms with van der Waals surface area (Å²) in [7, 11) is 0. The average Bonchev–Trinajstić information content (AvgIpc) is 2.38. The molecule has 0 aliphatic rings. The maximum absolute atomic E-state index is 11.6. The molecule has 0 aromatic heterocycles. The van der Waals surface area contributed by atoms with E-state index in [2.05, 4.69) is 5.32 Å². The summed E-state index contributed by atoms with van der Waals surface area (Å²) in [5.74, 6) is -0.0636. The zero-order valence-corrected chi connectivity index (χ0v) is 12.5. The van der Waals surface area contributed by atoms with Crippen LogP contribution in [0.4, 0.5) is 0 Å². The third-order valence-corrected chi connectivity index (χ3v) is 3.43. The van der Waals surface area contributed by atoms with E-state index in [9.17, 15) is 4.79 Å². The molecule has 2 N–H and O–H groups in total. The lowest BCUT2D eigenvalue weighted by atomic mass is 10.2. The Balaban J connectivity index is 2.57. The second-order valence-electron chi connectivity index (χ2n) is 3.84. The van der Waals surface area contributed by atoms with Gasteiger partial charge in [0.1, 0.15) is 5.75 Å². The zero-order valence-electron chi connectivity index (χ0n) is 10.3. The summed E-state index contributed by atoms with van der Waals surface area (Å²) in [5, 5.41) is 12.5. The number of ether oxygens (including phenoxy) is 1. The number of aliphatic hydroxyl groups excluding tert-OH is 1. The second kappa shape index (κ2) is 7.80. The van der Waals surface area contributed by atoms with E-state index in [1.165, 1.54) is 12.1 Å². The molecule has 0 aliphatic carbocycles. The van der Waals surface area contributed by atoms with Crippen molar-refractivity contribution in [3.8, 4) is 5.75 Å². The molecule has 7 heteroatoms. The normalized spacial score (nSPS) is 12.1. The number of nitrogens with one attached hydrogen (secondary N) is 1. The maximum Gasteiger partial charge on any atom is 0.258 e. The number of rotatable bonds is 6. The molecular weight excluding hydrogens is 312 g/mol.